The van der Waals surface area contributed by atoms with Crippen LogP contribution in [-0.4, -0.2) is 26.9 Å². The summed E-state index contributed by atoms with van der Waals surface area (Å²) in [5.74, 6) is -0.568. The molecule has 6 nitrogen and oxygen atoms in total. The van der Waals surface area contributed by atoms with Crippen molar-refractivity contribution in [2.75, 3.05) is 4.90 Å². The van der Waals surface area contributed by atoms with Gasteiger partial charge < -0.3 is 5.32 Å². The van der Waals surface area contributed by atoms with E-state index in [0.29, 0.717) is 5.69 Å². The van der Waals surface area contributed by atoms with E-state index < -0.39 is 11.6 Å². The van der Waals surface area contributed by atoms with Crippen LogP contribution in [0.25, 0.3) is 0 Å². The topological polar surface area (TPSA) is 75.2 Å². The molecule has 0 saturated heterocycles. The lowest BCUT2D eigenvalue weighted by molar-refractivity contribution is -0.124. The van der Waals surface area contributed by atoms with Crippen molar-refractivity contribution in [3.8, 4) is 0 Å². The molecule has 2 heterocycles. The van der Waals surface area contributed by atoms with Crippen molar-refractivity contribution in [3.05, 3.63) is 62.8 Å². The Hall–Kier alpha value is -2.58. The summed E-state index contributed by atoms with van der Waals surface area (Å²) in [7, 11) is 0. The van der Waals surface area contributed by atoms with Gasteiger partial charge in [-0.3, -0.25) is 14.5 Å². The maximum absolute atomic E-state index is 13.6. The van der Waals surface area contributed by atoms with Crippen LogP contribution in [0.3, 0.4) is 0 Å². The molecule has 158 valence electrons. The first-order chi connectivity index (χ1) is 14.2. The lowest BCUT2D eigenvalue weighted by Crippen LogP contribution is -2.50. The predicted molar refractivity (Wildman–Crippen MR) is 122 cm³/mol. The molecule has 0 fully saturated rings. The highest BCUT2D eigenvalue weighted by Crippen LogP contribution is 2.35. The average molecular weight is 443 g/mol. The number of nitrogens with one attached hydrogen (secondary N) is 1. The molecule has 3 aromatic rings. The van der Waals surface area contributed by atoms with Crippen LogP contribution in [0, 0.1) is 13.8 Å². The van der Waals surface area contributed by atoms with Crippen molar-refractivity contribution in [2.45, 2.75) is 52.6 Å². The molecule has 8 heteroatoms. The van der Waals surface area contributed by atoms with Gasteiger partial charge in [-0.1, -0.05) is 29.6 Å². The summed E-state index contributed by atoms with van der Waals surface area (Å²) in [6.07, 6.45) is 0.767. The maximum Gasteiger partial charge on any atom is 0.280 e. The molecule has 0 saturated carbocycles. The van der Waals surface area contributed by atoms with E-state index in [1.807, 2.05) is 70.3 Å². The molecular formula is C22H26N4O2S2. The van der Waals surface area contributed by atoms with E-state index in [4.69, 9.17) is 0 Å². The lowest BCUT2D eigenvalue weighted by Gasteiger charge is -2.34. The zero-order valence-corrected chi connectivity index (χ0v) is 19.4. The number of hydrogen-bond donors (Lipinski definition) is 1. The number of hydrogen-bond acceptors (Lipinski definition) is 6. The highest BCUT2D eigenvalue weighted by molar-refractivity contribution is 7.10. The van der Waals surface area contributed by atoms with Gasteiger partial charge in [0, 0.05) is 21.5 Å². The summed E-state index contributed by atoms with van der Waals surface area (Å²) in [6.45, 7) is 9.88. The van der Waals surface area contributed by atoms with E-state index in [0.717, 1.165) is 34.0 Å². The average Bonchev–Trinajstić information content (AvgIpc) is 3.41. The van der Waals surface area contributed by atoms with Gasteiger partial charge in [-0.25, -0.2) is 0 Å². The first-order valence-electron chi connectivity index (χ1n) is 9.77. The van der Waals surface area contributed by atoms with E-state index in [2.05, 4.69) is 14.9 Å². The van der Waals surface area contributed by atoms with Gasteiger partial charge in [-0.2, -0.15) is 0 Å². The molecule has 0 aliphatic rings. The number of rotatable bonds is 7. The largest absolute Gasteiger partial charge is 0.349 e. The summed E-state index contributed by atoms with van der Waals surface area (Å²) in [5, 5.41) is 10.6. The Balaban J connectivity index is 2.17. The fraction of sp³-hybridized carbons (Fsp3) is 0.364. The fourth-order valence-corrected chi connectivity index (χ4v) is 4.28. The summed E-state index contributed by atoms with van der Waals surface area (Å²) < 4.78 is 3.85. The van der Waals surface area contributed by atoms with Crippen LogP contribution in [-0.2, 0) is 4.79 Å². The first-order valence-corrected chi connectivity index (χ1v) is 11.5. The van der Waals surface area contributed by atoms with Crippen LogP contribution in [0.15, 0.2) is 41.1 Å². The summed E-state index contributed by atoms with van der Waals surface area (Å²) in [5.41, 5.74) is 2.43. The summed E-state index contributed by atoms with van der Waals surface area (Å²) in [6, 6.07) is 8.85. The van der Waals surface area contributed by atoms with E-state index in [1.54, 1.807) is 10.3 Å². The molecule has 0 aliphatic carbocycles. The summed E-state index contributed by atoms with van der Waals surface area (Å²) >= 11 is 2.57. The number of amides is 2. The van der Waals surface area contributed by atoms with Crippen molar-refractivity contribution < 1.29 is 9.59 Å². The Morgan fingerprint density at radius 1 is 1.23 bits per heavy atom. The Kier molecular flexibility index (Phi) is 6.67. The minimum absolute atomic E-state index is 0.221. The molecule has 30 heavy (non-hydrogen) atoms. The first kappa shape index (κ1) is 22.1. The van der Waals surface area contributed by atoms with E-state index in [9.17, 15) is 9.59 Å². The van der Waals surface area contributed by atoms with Gasteiger partial charge in [0.05, 0.1) is 0 Å². The van der Waals surface area contributed by atoms with Crippen LogP contribution in [0.5, 0.6) is 0 Å². The number of aromatic nitrogens is 2. The molecule has 3 rings (SSSR count). The molecule has 2 aromatic heterocycles. The smallest absolute Gasteiger partial charge is 0.280 e. The molecule has 0 aliphatic heterocycles. The van der Waals surface area contributed by atoms with Crippen LogP contribution in [0.4, 0.5) is 5.69 Å². The minimum atomic E-state index is -0.814. The third-order valence-electron chi connectivity index (χ3n) is 5.09. The second kappa shape index (κ2) is 9.06. The van der Waals surface area contributed by atoms with Crippen molar-refractivity contribution in [3.63, 3.8) is 0 Å². The van der Waals surface area contributed by atoms with Crippen molar-refractivity contribution in [2.24, 2.45) is 0 Å². The minimum Gasteiger partial charge on any atom is -0.349 e. The number of carbonyl (C=O) groups excluding carboxylic acids is 2. The number of aryl methyl sites for hydroxylation is 2. The molecule has 2 amide bonds. The van der Waals surface area contributed by atoms with Gasteiger partial charge in [0.15, 0.2) is 11.7 Å². The van der Waals surface area contributed by atoms with Crippen LogP contribution in [0.1, 0.15) is 59.7 Å². The number of anilines is 1. The molecule has 0 radical (unpaired) electrons. The Bertz CT molecular complexity index is 1010. The molecular weight excluding hydrogens is 416 g/mol. The van der Waals surface area contributed by atoms with Crippen molar-refractivity contribution >= 4 is 40.4 Å². The fourth-order valence-electron chi connectivity index (χ4n) is 3.04. The second-order valence-corrected chi connectivity index (χ2v) is 9.49. The standard InChI is InChI=1S/C22H26N4O2S2/c1-6-22(4,5)23-20(27)19(18-8-7-11-29-18)26(21(28)16-13-30-25-24-16)17-12-14(2)9-10-15(17)3/h7-13,19H,6H2,1-5H3,(H,23,27). The van der Waals surface area contributed by atoms with Gasteiger partial charge in [0.2, 0.25) is 5.91 Å². The van der Waals surface area contributed by atoms with Crippen molar-refractivity contribution in [1.29, 1.82) is 0 Å². The molecule has 1 N–H and O–H groups in total. The normalized spacial score (nSPS) is 12.4. The Morgan fingerprint density at radius 2 is 2.00 bits per heavy atom. The number of benzene rings is 1. The monoisotopic (exact) mass is 442 g/mol. The van der Waals surface area contributed by atoms with Gasteiger partial charge in [0.25, 0.3) is 5.91 Å². The van der Waals surface area contributed by atoms with Gasteiger partial charge in [-0.05, 0) is 74.3 Å². The lowest BCUT2D eigenvalue weighted by atomic mass is 10.00. The second-order valence-electron chi connectivity index (χ2n) is 7.90. The molecule has 0 bridgehead atoms. The zero-order chi connectivity index (χ0) is 21.9. The molecule has 0 spiro atoms. The third kappa shape index (κ3) is 4.76. The SMILES string of the molecule is CCC(C)(C)NC(=O)C(c1cccs1)N(C(=O)c1csnn1)c1cc(C)ccc1C. The molecule has 1 unspecified atom stereocenters. The maximum atomic E-state index is 13.6. The van der Waals surface area contributed by atoms with E-state index in [-0.39, 0.29) is 17.5 Å². The molecule has 1 atom stereocenters. The van der Waals surface area contributed by atoms with E-state index in [1.165, 1.54) is 11.3 Å². The van der Waals surface area contributed by atoms with Crippen LogP contribution >= 0.6 is 22.9 Å². The number of nitrogens with zero attached hydrogens (tertiary/aromatic N) is 3. The highest BCUT2D eigenvalue weighted by Gasteiger charge is 2.37. The Labute approximate surface area is 185 Å². The van der Waals surface area contributed by atoms with Crippen LogP contribution < -0.4 is 10.2 Å². The third-order valence-corrected chi connectivity index (χ3v) is 6.52. The van der Waals surface area contributed by atoms with Gasteiger partial charge in [0.1, 0.15) is 0 Å². The number of thiophene rings is 1. The Morgan fingerprint density at radius 3 is 2.60 bits per heavy atom. The van der Waals surface area contributed by atoms with E-state index >= 15 is 0 Å². The van der Waals surface area contributed by atoms with Gasteiger partial charge >= 0.3 is 0 Å². The van der Waals surface area contributed by atoms with Crippen molar-refractivity contribution in [1.82, 2.24) is 14.9 Å². The zero-order valence-electron chi connectivity index (χ0n) is 17.8. The molecule has 1 aromatic carbocycles. The van der Waals surface area contributed by atoms with Crippen LogP contribution in [0.2, 0.25) is 0 Å². The number of carbonyl (C=O) groups is 2. The quantitative estimate of drug-likeness (QED) is 0.564. The predicted octanol–water partition coefficient (Wildman–Crippen LogP) is 4.91. The summed E-state index contributed by atoms with van der Waals surface area (Å²) in [4.78, 5) is 29.5. The van der Waals surface area contributed by atoms with Gasteiger partial charge in [-0.15, -0.1) is 16.4 Å². The highest BCUT2D eigenvalue weighted by atomic mass is 32.1.